The molecule has 2 aromatic rings. The monoisotopic (exact) mass is 484 g/mol. The van der Waals surface area contributed by atoms with Crippen molar-refractivity contribution < 1.29 is 37.0 Å². The molecule has 0 spiro atoms. The fourth-order valence-electron chi connectivity index (χ4n) is 3.44. The van der Waals surface area contributed by atoms with Crippen molar-refractivity contribution >= 4 is 12.0 Å². The molecule has 2 heterocycles. The van der Waals surface area contributed by atoms with Crippen LogP contribution in [0.4, 0.5) is 22.4 Å². The van der Waals surface area contributed by atoms with Gasteiger partial charge in [-0.3, -0.25) is 14.7 Å². The lowest BCUT2D eigenvalue weighted by atomic mass is 10.1. The van der Waals surface area contributed by atoms with Gasteiger partial charge in [-0.2, -0.15) is 13.2 Å². The van der Waals surface area contributed by atoms with Crippen LogP contribution in [0.5, 0.6) is 0 Å². The van der Waals surface area contributed by atoms with Crippen LogP contribution in [0.25, 0.3) is 11.3 Å². The second kappa shape index (κ2) is 9.53. The molecular weight excluding hydrogens is 460 g/mol. The van der Waals surface area contributed by atoms with Gasteiger partial charge in [0.25, 0.3) is 0 Å². The number of carbonyl (C=O) groups is 2. The maximum Gasteiger partial charge on any atom is 0.434 e. The number of halogens is 4. The number of rotatable bonds is 4. The summed E-state index contributed by atoms with van der Waals surface area (Å²) in [4.78, 5) is 33.3. The van der Waals surface area contributed by atoms with Crippen molar-refractivity contribution in [3.8, 4) is 11.3 Å². The number of nitrogens with one attached hydrogen (secondary N) is 1. The molecule has 1 aromatic carbocycles. The molecule has 2 amide bonds. The van der Waals surface area contributed by atoms with Crippen LogP contribution < -0.4 is 5.32 Å². The number of carbonyl (C=O) groups excluding carboxylic acids is 2. The molecular formula is C22H24F4N4O4. The molecule has 0 unspecified atom stereocenters. The van der Waals surface area contributed by atoms with Crippen molar-refractivity contribution in [2.45, 2.75) is 57.7 Å². The van der Waals surface area contributed by atoms with Gasteiger partial charge in [-0.15, -0.1) is 0 Å². The fourth-order valence-corrected chi connectivity index (χ4v) is 3.44. The van der Waals surface area contributed by atoms with Crippen LogP contribution in [-0.4, -0.2) is 56.3 Å². The van der Waals surface area contributed by atoms with E-state index in [0.29, 0.717) is 11.8 Å². The molecule has 2 N–H and O–H groups in total. The number of aromatic nitrogens is 2. The minimum Gasteiger partial charge on any atom is -0.444 e. The van der Waals surface area contributed by atoms with E-state index in [1.165, 1.54) is 6.07 Å². The Bertz CT molecular complexity index is 1050. The quantitative estimate of drug-likeness (QED) is 0.646. The Morgan fingerprint density at radius 3 is 2.47 bits per heavy atom. The van der Waals surface area contributed by atoms with Crippen LogP contribution >= 0.6 is 0 Å². The molecule has 34 heavy (non-hydrogen) atoms. The van der Waals surface area contributed by atoms with Crippen LogP contribution in [0.3, 0.4) is 0 Å². The van der Waals surface area contributed by atoms with Crippen molar-refractivity contribution in [3.05, 3.63) is 47.7 Å². The number of hydrogen-bond donors (Lipinski definition) is 2. The largest absolute Gasteiger partial charge is 0.444 e. The molecule has 1 aromatic heterocycles. The molecule has 8 nitrogen and oxygen atoms in total. The maximum absolute atomic E-state index is 14.1. The first kappa shape index (κ1) is 25.3. The van der Waals surface area contributed by atoms with Gasteiger partial charge >= 0.3 is 12.3 Å². The predicted octanol–water partition coefficient (Wildman–Crippen LogP) is 3.29. The van der Waals surface area contributed by atoms with E-state index in [4.69, 9.17) is 4.74 Å². The van der Waals surface area contributed by atoms with Crippen LogP contribution in [-0.2, 0) is 22.3 Å². The molecule has 2 atom stereocenters. The molecule has 12 heteroatoms. The van der Waals surface area contributed by atoms with E-state index in [1.54, 1.807) is 20.8 Å². The fraction of sp³-hybridized carbons (Fsp3) is 0.455. The minimum absolute atomic E-state index is 0.0161. The number of likely N-dealkylation sites (tertiary alicyclic amines) is 1. The normalized spacial score (nSPS) is 18.6. The van der Waals surface area contributed by atoms with Crippen molar-refractivity contribution in [2.24, 2.45) is 0 Å². The average molecular weight is 484 g/mol. The zero-order valence-electron chi connectivity index (χ0n) is 18.7. The summed E-state index contributed by atoms with van der Waals surface area (Å²) in [5, 5.41) is 12.8. The zero-order valence-corrected chi connectivity index (χ0v) is 18.7. The smallest absolute Gasteiger partial charge is 0.434 e. The number of nitrogens with zero attached hydrogens (tertiary/aromatic N) is 3. The first-order chi connectivity index (χ1) is 15.7. The Labute approximate surface area is 193 Å². The van der Waals surface area contributed by atoms with Crippen LogP contribution in [0.1, 0.15) is 38.4 Å². The molecule has 1 aliphatic rings. The van der Waals surface area contributed by atoms with Gasteiger partial charge < -0.3 is 15.2 Å². The Morgan fingerprint density at radius 2 is 1.88 bits per heavy atom. The highest BCUT2D eigenvalue weighted by Gasteiger charge is 2.42. The lowest BCUT2D eigenvalue weighted by Crippen LogP contribution is -2.51. The Balaban J connectivity index is 1.72. The summed E-state index contributed by atoms with van der Waals surface area (Å²) in [6.45, 7) is 4.99. The van der Waals surface area contributed by atoms with Gasteiger partial charge in [0.15, 0.2) is 5.69 Å². The molecule has 0 aliphatic carbocycles. The van der Waals surface area contributed by atoms with Gasteiger partial charge in [-0.25, -0.2) is 14.2 Å². The van der Waals surface area contributed by atoms with E-state index in [1.807, 2.05) is 0 Å². The molecule has 1 saturated heterocycles. The third-order valence-corrected chi connectivity index (χ3v) is 4.93. The third kappa shape index (κ3) is 6.19. The van der Waals surface area contributed by atoms with E-state index >= 15 is 0 Å². The molecule has 3 rings (SSSR count). The SMILES string of the molecule is CC(C)(C)OC(=O)N1CC[C@@H](O)[C@H]1C(=O)NCc1cc(F)cc(-c2cnc(C(F)(F)F)cn2)c1. The zero-order chi connectivity index (χ0) is 25.3. The summed E-state index contributed by atoms with van der Waals surface area (Å²) < 4.78 is 57.5. The first-order valence-corrected chi connectivity index (χ1v) is 10.4. The van der Waals surface area contributed by atoms with E-state index in [9.17, 15) is 32.3 Å². The number of amides is 2. The number of ether oxygens (including phenoxy) is 1. The second-order valence-corrected chi connectivity index (χ2v) is 8.83. The van der Waals surface area contributed by atoms with E-state index < -0.39 is 47.4 Å². The third-order valence-electron chi connectivity index (χ3n) is 4.93. The van der Waals surface area contributed by atoms with Crippen LogP contribution in [0.2, 0.25) is 0 Å². The van der Waals surface area contributed by atoms with E-state index in [-0.39, 0.29) is 30.8 Å². The number of aliphatic hydroxyl groups is 1. The topological polar surface area (TPSA) is 105 Å². The first-order valence-electron chi connectivity index (χ1n) is 10.4. The summed E-state index contributed by atoms with van der Waals surface area (Å²) in [7, 11) is 0. The lowest BCUT2D eigenvalue weighted by molar-refractivity contribution is -0.141. The van der Waals surface area contributed by atoms with E-state index in [2.05, 4.69) is 15.3 Å². The molecule has 0 radical (unpaired) electrons. The summed E-state index contributed by atoms with van der Waals surface area (Å²) >= 11 is 0. The Kier molecular flexibility index (Phi) is 7.10. The predicted molar refractivity (Wildman–Crippen MR) is 112 cm³/mol. The van der Waals surface area contributed by atoms with Gasteiger partial charge in [0.1, 0.15) is 17.5 Å². The molecule has 1 fully saturated rings. The van der Waals surface area contributed by atoms with Gasteiger partial charge in [-0.05, 0) is 51.0 Å². The van der Waals surface area contributed by atoms with Crippen molar-refractivity contribution in [3.63, 3.8) is 0 Å². The van der Waals surface area contributed by atoms with Gasteiger partial charge in [0.2, 0.25) is 5.91 Å². The standard InChI is InChI=1S/C22H24F4N4O4/c1-21(2,3)34-20(33)30-5-4-16(31)18(30)19(32)29-9-12-6-13(8-14(23)7-12)15-10-28-17(11-27-15)22(24,25)26/h6-8,10-11,16,18,31H,4-5,9H2,1-3H3,(H,29,32)/t16-,18+/m1/s1. The summed E-state index contributed by atoms with van der Waals surface area (Å²) in [5.41, 5.74) is -1.49. The van der Waals surface area contributed by atoms with Crippen molar-refractivity contribution in [1.82, 2.24) is 20.2 Å². The number of alkyl halides is 3. The summed E-state index contributed by atoms with van der Waals surface area (Å²) in [5.74, 6) is -1.35. The van der Waals surface area contributed by atoms with Crippen molar-refractivity contribution in [2.75, 3.05) is 6.54 Å². The highest BCUT2D eigenvalue weighted by atomic mass is 19.4. The Hall–Kier alpha value is -3.28. The van der Waals surface area contributed by atoms with Gasteiger partial charge in [0.05, 0.1) is 24.2 Å². The van der Waals surface area contributed by atoms with Crippen LogP contribution in [0, 0.1) is 5.82 Å². The number of aliphatic hydroxyl groups excluding tert-OH is 1. The highest BCUT2D eigenvalue weighted by Crippen LogP contribution is 2.28. The molecule has 184 valence electrons. The average Bonchev–Trinajstić information content (AvgIpc) is 3.11. The van der Waals surface area contributed by atoms with Gasteiger partial charge in [-0.1, -0.05) is 0 Å². The van der Waals surface area contributed by atoms with Crippen molar-refractivity contribution in [1.29, 1.82) is 0 Å². The van der Waals surface area contributed by atoms with Crippen LogP contribution in [0.15, 0.2) is 30.6 Å². The minimum atomic E-state index is -4.65. The molecule has 0 saturated carbocycles. The highest BCUT2D eigenvalue weighted by molar-refractivity contribution is 5.87. The summed E-state index contributed by atoms with van der Waals surface area (Å²) in [6.07, 6.45) is -4.87. The maximum atomic E-state index is 14.1. The van der Waals surface area contributed by atoms with Gasteiger partial charge in [0, 0.05) is 18.7 Å². The summed E-state index contributed by atoms with van der Waals surface area (Å²) in [6, 6.07) is 2.48. The van der Waals surface area contributed by atoms with E-state index in [0.717, 1.165) is 23.2 Å². The Morgan fingerprint density at radius 1 is 1.18 bits per heavy atom. The molecule has 1 aliphatic heterocycles. The lowest BCUT2D eigenvalue weighted by Gasteiger charge is -2.28. The number of hydrogen-bond acceptors (Lipinski definition) is 6. The second-order valence-electron chi connectivity index (χ2n) is 8.83. The number of benzene rings is 1. The molecule has 0 bridgehead atoms.